The molecule has 0 fully saturated rings. The third-order valence-corrected chi connectivity index (χ3v) is 2.96. The van der Waals surface area contributed by atoms with E-state index in [1.54, 1.807) is 6.20 Å². The molecule has 0 unspecified atom stereocenters. The standard InChI is InChI=1S/C14H12ClN3/c1-9-5-6-17-14(12(9)8-16)18-13-7-11(15)4-3-10(13)2/h3-7H,1-2H3,(H,17,18). The number of hydrogen-bond acceptors (Lipinski definition) is 3. The van der Waals surface area contributed by atoms with Gasteiger partial charge in [-0.05, 0) is 43.2 Å². The van der Waals surface area contributed by atoms with Crippen LogP contribution < -0.4 is 5.32 Å². The second kappa shape index (κ2) is 5.07. The van der Waals surface area contributed by atoms with Crippen LogP contribution in [-0.2, 0) is 0 Å². The summed E-state index contributed by atoms with van der Waals surface area (Å²) in [5.74, 6) is 0.558. The van der Waals surface area contributed by atoms with Crippen LogP contribution in [0.4, 0.5) is 11.5 Å². The first-order chi connectivity index (χ1) is 8.61. The lowest BCUT2D eigenvalue weighted by Gasteiger charge is -2.11. The van der Waals surface area contributed by atoms with Crippen molar-refractivity contribution < 1.29 is 0 Å². The van der Waals surface area contributed by atoms with Crippen molar-refractivity contribution in [3.63, 3.8) is 0 Å². The lowest BCUT2D eigenvalue weighted by atomic mass is 10.1. The fourth-order valence-electron chi connectivity index (χ4n) is 1.65. The molecule has 0 saturated carbocycles. The van der Waals surface area contributed by atoms with Gasteiger partial charge in [-0.25, -0.2) is 4.98 Å². The predicted molar refractivity (Wildman–Crippen MR) is 73.2 cm³/mol. The number of aryl methyl sites for hydroxylation is 2. The first kappa shape index (κ1) is 12.4. The Kier molecular flexibility index (Phi) is 3.50. The van der Waals surface area contributed by atoms with Crippen molar-refractivity contribution >= 4 is 23.1 Å². The molecule has 18 heavy (non-hydrogen) atoms. The zero-order valence-electron chi connectivity index (χ0n) is 10.2. The van der Waals surface area contributed by atoms with E-state index in [0.29, 0.717) is 16.4 Å². The van der Waals surface area contributed by atoms with Crippen LogP contribution in [0.25, 0.3) is 0 Å². The highest BCUT2D eigenvalue weighted by molar-refractivity contribution is 6.30. The number of rotatable bonds is 2. The fraction of sp³-hybridized carbons (Fsp3) is 0.143. The van der Waals surface area contributed by atoms with Crippen LogP contribution in [0.1, 0.15) is 16.7 Å². The highest BCUT2D eigenvalue weighted by atomic mass is 35.5. The molecule has 1 aromatic carbocycles. The third kappa shape index (κ3) is 2.44. The van der Waals surface area contributed by atoms with E-state index in [9.17, 15) is 0 Å². The van der Waals surface area contributed by atoms with Crippen LogP contribution in [0.2, 0.25) is 5.02 Å². The van der Waals surface area contributed by atoms with Crippen molar-refractivity contribution in [1.82, 2.24) is 4.98 Å². The van der Waals surface area contributed by atoms with Crippen LogP contribution in [-0.4, -0.2) is 4.98 Å². The minimum Gasteiger partial charge on any atom is -0.339 e. The molecule has 2 rings (SSSR count). The van der Waals surface area contributed by atoms with Gasteiger partial charge in [0, 0.05) is 16.9 Å². The molecule has 1 heterocycles. The number of hydrogen-bond donors (Lipinski definition) is 1. The Hall–Kier alpha value is -2.05. The van der Waals surface area contributed by atoms with E-state index < -0.39 is 0 Å². The average molecular weight is 258 g/mol. The van der Waals surface area contributed by atoms with Crippen LogP contribution in [0, 0.1) is 25.2 Å². The molecule has 0 amide bonds. The summed E-state index contributed by atoms with van der Waals surface area (Å²) in [6.07, 6.45) is 1.68. The lowest BCUT2D eigenvalue weighted by molar-refractivity contribution is 1.24. The minimum atomic E-state index is 0.553. The van der Waals surface area contributed by atoms with Crippen molar-refractivity contribution in [1.29, 1.82) is 5.26 Å². The molecular formula is C14H12ClN3. The fourth-order valence-corrected chi connectivity index (χ4v) is 1.82. The van der Waals surface area contributed by atoms with Crippen molar-refractivity contribution in [2.24, 2.45) is 0 Å². The molecule has 4 heteroatoms. The molecule has 0 aliphatic heterocycles. The van der Waals surface area contributed by atoms with Gasteiger partial charge in [0.05, 0.1) is 5.56 Å². The molecule has 0 radical (unpaired) electrons. The Labute approximate surface area is 111 Å². The number of nitriles is 1. The SMILES string of the molecule is Cc1ccc(Cl)cc1Nc1nccc(C)c1C#N. The molecule has 2 aromatic rings. The summed E-state index contributed by atoms with van der Waals surface area (Å²) in [4.78, 5) is 4.20. The van der Waals surface area contributed by atoms with Crippen molar-refractivity contribution in [2.75, 3.05) is 5.32 Å². The Morgan fingerprint density at radius 3 is 2.72 bits per heavy atom. The Morgan fingerprint density at radius 1 is 1.22 bits per heavy atom. The molecule has 3 nitrogen and oxygen atoms in total. The zero-order valence-corrected chi connectivity index (χ0v) is 10.9. The summed E-state index contributed by atoms with van der Waals surface area (Å²) in [6, 6.07) is 9.55. The highest BCUT2D eigenvalue weighted by Crippen LogP contribution is 2.25. The van der Waals surface area contributed by atoms with Gasteiger partial charge >= 0.3 is 0 Å². The third-order valence-electron chi connectivity index (χ3n) is 2.72. The van der Waals surface area contributed by atoms with E-state index >= 15 is 0 Å². The maximum absolute atomic E-state index is 9.15. The normalized spacial score (nSPS) is 9.89. The summed E-state index contributed by atoms with van der Waals surface area (Å²) >= 11 is 5.96. The number of benzene rings is 1. The molecular weight excluding hydrogens is 246 g/mol. The smallest absolute Gasteiger partial charge is 0.148 e. The number of aromatic nitrogens is 1. The highest BCUT2D eigenvalue weighted by Gasteiger charge is 2.08. The number of anilines is 2. The van der Waals surface area contributed by atoms with Crippen molar-refractivity contribution in [3.05, 3.63) is 52.2 Å². The van der Waals surface area contributed by atoms with Crippen LogP contribution >= 0.6 is 11.6 Å². The molecule has 1 aromatic heterocycles. The Morgan fingerprint density at radius 2 is 2.00 bits per heavy atom. The van der Waals surface area contributed by atoms with Crippen LogP contribution in [0.15, 0.2) is 30.5 Å². The van der Waals surface area contributed by atoms with E-state index in [1.807, 2.05) is 38.1 Å². The molecule has 0 spiro atoms. The van der Waals surface area contributed by atoms with E-state index in [-0.39, 0.29) is 0 Å². The van der Waals surface area contributed by atoms with Crippen molar-refractivity contribution in [3.8, 4) is 6.07 Å². The first-order valence-corrected chi connectivity index (χ1v) is 5.88. The average Bonchev–Trinajstić information content (AvgIpc) is 2.34. The first-order valence-electron chi connectivity index (χ1n) is 5.50. The van der Waals surface area contributed by atoms with Gasteiger partial charge < -0.3 is 5.32 Å². The van der Waals surface area contributed by atoms with Gasteiger partial charge in [0.2, 0.25) is 0 Å². The molecule has 0 saturated heterocycles. The maximum Gasteiger partial charge on any atom is 0.148 e. The molecule has 0 aliphatic rings. The van der Waals surface area contributed by atoms with E-state index in [2.05, 4.69) is 16.4 Å². The van der Waals surface area contributed by atoms with Gasteiger partial charge in [-0.2, -0.15) is 5.26 Å². The zero-order chi connectivity index (χ0) is 13.1. The second-order valence-electron chi connectivity index (χ2n) is 4.05. The van der Waals surface area contributed by atoms with Crippen molar-refractivity contribution in [2.45, 2.75) is 13.8 Å². The van der Waals surface area contributed by atoms with Gasteiger partial charge in [0.25, 0.3) is 0 Å². The summed E-state index contributed by atoms with van der Waals surface area (Å²) in [5, 5.41) is 12.9. The number of nitrogens with one attached hydrogen (secondary N) is 1. The Balaban J connectivity index is 2.44. The van der Waals surface area contributed by atoms with Crippen LogP contribution in [0.5, 0.6) is 0 Å². The monoisotopic (exact) mass is 257 g/mol. The number of pyridine rings is 1. The van der Waals surface area contributed by atoms with E-state index in [1.165, 1.54) is 0 Å². The van der Waals surface area contributed by atoms with E-state index in [4.69, 9.17) is 16.9 Å². The summed E-state index contributed by atoms with van der Waals surface area (Å²) < 4.78 is 0. The largest absolute Gasteiger partial charge is 0.339 e. The maximum atomic E-state index is 9.15. The molecule has 1 N–H and O–H groups in total. The van der Waals surface area contributed by atoms with Gasteiger partial charge in [0.15, 0.2) is 0 Å². The van der Waals surface area contributed by atoms with Gasteiger partial charge in [-0.15, -0.1) is 0 Å². The summed E-state index contributed by atoms with van der Waals surface area (Å²) in [6.45, 7) is 3.86. The van der Waals surface area contributed by atoms with Gasteiger partial charge in [-0.1, -0.05) is 17.7 Å². The number of halogens is 1. The van der Waals surface area contributed by atoms with E-state index in [0.717, 1.165) is 16.8 Å². The van der Waals surface area contributed by atoms with Gasteiger partial charge in [0.1, 0.15) is 11.9 Å². The van der Waals surface area contributed by atoms with Gasteiger partial charge in [-0.3, -0.25) is 0 Å². The second-order valence-corrected chi connectivity index (χ2v) is 4.48. The molecule has 0 aliphatic carbocycles. The number of nitrogens with zero attached hydrogens (tertiary/aromatic N) is 2. The minimum absolute atomic E-state index is 0.553. The topological polar surface area (TPSA) is 48.7 Å². The summed E-state index contributed by atoms with van der Waals surface area (Å²) in [5.41, 5.74) is 3.36. The quantitative estimate of drug-likeness (QED) is 0.886. The van der Waals surface area contributed by atoms with Crippen LogP contribution in [0.3, 0.4) is 0 Å². The molecule has 90 valence electrons. The molecule has 0 atom stereocenters. The Bertz CT molecular complexity index is 629. The lowest BCUT2D eigenvalue weighted by Crippen LogP contribution is -2.00. The predicted octanol–water partition coefficient (Wildman–Crippen LogP) is 3.97. The summed E-state index contributed by atoms with van der Waals surface area (Å²) in [7, 11) is 0. The molecule has 0 bridgehead atoms.